The van der Waals surface area contributed by atoms with Crippen LogP contribution in [0.25, 0.3) is 0 Å². The third-order valence-corrected chi connectivity index (χ3v) is 5.51. The second kappa shape index (κ2) is 10.6. The summed E-state index contributed by atoms with van der Waals surface area (Å²) in [5.41, 5.74) is 6.56. The smallest absolute Gasteiger partial charge is 0.0331 e. The Balaban J connectivity index is 2.56. The van der Waals surface area contributed by atoms with Gasteiger partial charge in [-0.2, -0.15) is 0 Å². The predicted molar refractivity (Wildman–Crippen MR) is 93.8 cm³/mol. The molecule has 0 radical (unpaired) electrons. The van der Waals surface area contributed by atoms with Crippen LogP contribution in [0.1, 0.15) is 72.1 Å². The van der Waals surface area contributed by atoms with E-state index >= 15 is 0 Å². The largest absolute Gasteiger partial charge is 0.329 e. The first-order valence-corrected chi connectivity index (χ1v) is 9.39. The summed E-state index contributed by atoms with van der Waals surface area (Å²) in [5.74, 6) is 0. The lowest BCUT2D eigenvalue weighted by atomic mass is 9.82. The lowest BCUT2D eigenvalue weighted by Crippen LogP contribution is -2.54. The molecule has 0 spiro atoms. The monoisotopic (exact) mass is 297 g/mol. The van der Waals surface area contributed by atoms with Crippen LogP contribution in [0.2, 0.25) is 0 Å². The number of hydrogen-bond acceptors (Lipinski definition) is 3. The number of nitrogens with two attached hydrogens (primary N) is 1. The highest BCUT2D eigenvalue weighted by molar-refractivity contribution is 4.92. The molecular weight excluding hydrogens is 258 g/mol. The van der Waals surface area contributed by atoms with Gasteiger partial charge in [0.25, 0.3) is 0 Å². The van der Waals surface area contributed by atoms with Crippen molar-refractivity contribution in [1.82, 2.24) is 9.80 Å². The minimum absolute atomic E-state index is 0.290. The minimum Gasteiger partial charge on any atom is -0.329 e. The molecule has 1 fully saturated rings. The Morgan fingerprint density at radius 1 is 0.810 bits per heavy atom. The molecule has 1 saturated carbocycles. The van der Waals surface area contributed by atoms with Gasteiger partial charge in [-0.1, -0.05) is 52.9 Å². The van der Waals surface area contributed by atoms with E-state index in [1.54, 1.807) is 0 Å². The molecule has 21 heavy (non-hydrogen) atoms. The summed E-state index contributed by atoms with van der Waals surface area (Å²) in [7, 11) is 0. The topological polar surface area (TPSA) is 32.5 Å². The summed E-state index contributed by atoms with van der Waals surface area (Å²) in [6.07, 6.45) is 10.8. The predicted octanol–water partition coefficient (Wildman–Crippen LogP) is 3.48. The summed E-state index contributed by atoms with van der Waals surface area (Å²) < 4.78 is 0. The molecule has 3 nitrogen and oxygen atoms in total. The average Bonchev–Trinajstić information content (AvgIpc) is 2.49. The van der Waals surface area contributed by atoms with Crippen LogP contribution < -0.4 is 5.73 Å². The van der Waals surface area contributed by atoms with Crippen molar-refractivity contribution < 1.29 is 0 Å². The number of hydrogen-bond donors (Lipinski definition) is 1. The average molecular weight is 298 g/mol. The van der Waals surface area contributed by atoms with Gasteiger partial charge in [-0.3, -0.25) is 4.90 Å². The maximum absolute atomic E-state index is 6.27. The molecule has 0 heterocycles. The van der Waals surface area contributed by atoms with Gasteiger partial charge in [0.2, 0.25) is 0 Å². The van der Waals surface area contributed by atoms with E-state index in [-0.39, 0.29) is 0 Å². The summed E-state index contributed by atoms with van der Waals surface area (Å²) in [6, 6.07) is 0. The van der Waals surface area contributed by atoms with Gasteiger partial charge in [-0.05, 0) is 52.0 Å². The van der Waals surface area contributed by atoms with Gasteiger partial charge in [-0.25, -0.2) is 0 Å². The van der Waals surface area contributed by atoms with E-state index in [0.717, 1.165) is 13.1 Å². The van der Waals surface area contributed by atoms with E-state index in [0.29, 0.717) is 5.54 Å². The Labute approximate surface area is 133 Å². The zero-order valence-corrected chi connectivity index (χ0v) is 14.9. The first kappa shape index (κ1) is 18.9. The SMILES string of the molecule is CCN(CC)CCCN(CC)C1(CN)CCCCCCC1. The lowest BCUT2D eigenvalue weighted by molar-refractivity contribution is 0.0675. The molecule has 0 aromatic carbocycles. The Hall–Kier alpha value is -0.120. The van der Waals surface area contributed by atoms with Crippen LogP contribution in [0.15, 0.2) is 0 Å². The van der Waals surface area contributed by atoms with Crippen molar-refractivity contribution in [2.24, 2.45) is 5.73 Å². The molecule has 0 unspecified atom stereocenters. The van der Waals surface area contributed by atoms with E-state index < -0.39 is 0 Å². The van der Waals surface area contributed by atoms with Crippen molar-refractivity contribution in [1.29, 1.82) is 0 Å². The molecule has 0 saturated heterocycles. The van der Waals surface area contributed by atoms with Gasteiger partial charge in [0.05, 0.1) is 0 Å². The maximum atomic E-state index is 6.27. The molecule has 0 aromatic heterocycles. The molecule has 126 valence electrons. The van der Waals surface area contributed by atoms with Gasteiger partial charge >= 0.3 is 0 Å². The molecular formula is C18H39N3. The summed E-state index contributed by atoms with van der Waals surface area (Å²) in [5, 5.41) is 0. The van der Waals surface area contributed by atoms with E-state index in [1.807, 2.05) is 0 Å². The fourth-order valence-electron chi connectivity index (χ4n) is 3.97. The van der Waals surface area contributed by atoms with E-state index in [9.17, 15) is 0 Å². The van der Waals surface area contributed by atoms with Gasteiger partial charge in [0.15, 0.2) is 0 Å². The molecule has 0 bridgehead atoms. The third-order valence-electron chi connectivity index (χ3n) is 5.51. The Kier molecular flexibility index (Phi) is 9.54. The molecule has 0 aromatic rings. The lowest BCUT2D eigenvalue weighted by Gasteiger charge is -2.44. The summed E-state index contributed by atoms with van der Waals surface area (Å²) in [4.78, 5) is 5.24. The Morgan fingerprint density at radius 3 is 1.86 bits per heavy atom. The summed E-state index contributed by atoms with van der Waals surface area (Å²) in [6.45, 7) is 13.6. The highest BCUT2D eigenvalue weighted by Gasteiger charge is 2.34. The molecule has 3 heteroatoms. The quantitative estimate of drug-likeness (QED) is 0.707. The highest BCUT2D eigenvalue weighted by atomic mass is 15.2. The van der Waals surface area contributed by atoms with Crippen LogP contribution in [-0.2, 0) is 0 Å². The van der Waals surface area contributed by atoms with Crippen molar-refractivity contribution in [3.63, 3.8) is 0 Å². The molecule has 1 rings (SSSR count). The van der Waals surface area contributed by atoms with Crippen molar-refractivity contribution in [2.75, 3.05) is 39.3 Å². The molecule has 0 aliphatic heterocycles. The molecule has 0 atom stereocenters. The van der Waals surface area contributed by atoms with Crippen LogP contribution in [-0.4, -0.2) is 54.6 Å². The van der Waals surface area contributed by atoms with Crippen molar-refractivity contribution in [3.05, 3.63) is 0 Å². The summed E-state index contributed by atoms with van der Waals surface area (Å²) >= 11 is 0. The Morgan fingerprint density at radius 2 is 1.38 bits per heavy atom. The van der Waals surface area contributed by atoms with Crippen LogP contribution in [0.5, 0.6) is 0 Å². The maximum Gasteiger partial charge on any atom is 0.0331 e. The number of likely N-dealkylation sites (N-methyl/N-ethyl adjacent to an activating group) is 1. The van der Waals surface area contributed by atoms with Crippen molar-refractivity contribution in [3.8, 4) is 0 Å². The van der Waals surface area contributed by atoms with Crippen LogP contribution >= 0.6 is 0 Å². The van der Waals surface area contributed by atoms with E-state index in [2.05, 4.69) is 30.6 Å². The third kappa shape index (κ3) is 5.88. The Bertz CT molecular complexity index is 243. The second-order valence-corrected chi connectivity index (χ2v) is 6.66. The van der Waals surface area contributed by atoms with Gasteiger partial charge in [-0.15, -0.1) is 0 Å². The van der Waals surface area contributed by atoms with Crippen molar-refractivity contribution >= 4 is 0 Å². The zero-order chi connectivity index (χ0) is 15.6. The molecule has 2 N–H and O–H groups in total. The number of rotatable bonds is 9. The first-order chi connectivity index (χ1) is 10.2. The van der Waals surface area contributed by atoms with Crippen LogP contribution in [0.4, 0.5) is 0 Å². The molecule has 1 aliphatic carbocycles. The van der Waals surface area contributed by atoms with Gasteiger partial charge < -0.3 is 10.6 Å². The van der Waals surface area contributed by atoms with Gasteiger partial charge in [0, 0.05) is 12.1 Å². The van der Waals surface area contributed by atoms with E-state index in [1.165, 1.54) is 77.5 Å². The molecule has 1 aliphatic rings. The zero-order valence-electron chi connectivity index (χ0n) is 14.9. The normalized spacial score (nSPS) is 19.7. The number of nitrogens with zero attached hydrogens (tertiary/aromatic N) is 2. The highest BCUT2D eigenvalue weighted by Crippen LogP contribution is 2.31. The fourth-order valence-corrected chi connectivity index (χ4v) is 3.97. The van der Waals surface area contributed by atoms with Gasteiger partial charge in [0.1, 0.15) is 0 Å². The van der Waals surface area contributed by atoms with Crippen LogP contribution in [0, 0.1) is 0 Å². The standard InChI is InChI=1S/C18H39N3/c1-4-20(5-2)15-12-16-21(6-3)18(17-19)13-10-8-7-9-11-14-18/h4-17,19H2,1-3H3. The molecule has 0 amide bonds. The van der Waals surface area contributed by atoms with E-state index in [4.69, 9.17) is 5.73 Å². The second-order valence-electron chi connectivity index (χ2n) is 6.66. The fraction of sp³-hybridized carbons (Fsp3) is 1.00. The first-order valence-electron chi connectivity index (χ1n) is 9.39. The minimum atomic E-state index is 0.290. The van der Waals surface area contributed by atoms with Crippen LogP contribution in [0.3, 0.4) is 0 Å². The van der Waals surface area contributed by atoms with Crippen molar-refractivity contribution in [2.45, 2.75) is 77.7 Å².